The molecule has 138 valence electrons. The van der Waals surface area contributed by atoms with Gasteiger partial charge in [-0.2, -0.15) is 0 Å². The molecule has 2 aromatic heterocycles. The van der Waals surface area contributed by atoms with Gasteiger partial charge in [0.05, 0.1) is 13.2 Å². The second-order valence-electron chi connectivity index (χ2n) is 6.47. The highest BCUT2D eigenvalue weighted by Gasteiger charge is 2.13. The van der Waals surface area contributed by atoms with E-state index < -0.39 is 0 Å². The molecule has 4 rings (SSSR count). The molecule has 0 aliphatic carbocycles. The molecule has 0 atom stereocenters. The van der Waals surface area contributed by atoms with Crippen molar-refractivity contribution >= 4 is 5.82 Å². The molecule has 0 bridgehead atoms. The SMILES string of the molecule is c1ccc(-c2nnc(NCCN3CCOCC3)cc2-c2ccncc2)cc1. The van der Waals surface area contributed by atoms with Crippen LogP contribution in [0.4, 0.5) is 5.82 Å². The van der Waals surface area contributed by atoms with Crippen molar-refractivity contribution in [3.05, 3.63) is 60.9 Å². The van der Waals surface area contributed by atoms with Gasteiger partial charge in [-0.15, -0.1) is 10.2 Å². The Bertz CT molecular complexity index is 851. The van der Waals surface area contributed by atoms with Gasteiger partial charge in [-0.3, -0.25) is 9.88 Å². The Morgan fingerprint density at radius 3 is 2.48 bits per heavy atom. The molecule has 27 heavy (non-hydrogen) atoms. The van der Waals surface area contributed by atoms with Crippen LogP contribution in [-0.2, 0) is 4.74 Å². The van der Waals surface area contributed by atoms with Gasteiger partial charge in [0.15, 0.2) is 0 Å². The maximum absolute atomic E-state index is 5.39. The van der Waals surface area contributed by atoms with Crippen LogP contribution in [0, 0.1) is 0 Å². The lowest BCUT2D eigenvalue weighted by molar-refractivity contribution is 0.0398. The van der Waals surface area contributed by atoms with Crippen LogP contribution in [-0.4, -0.2) is 59.5 Å². The van der Waals surface area contributed by atoms with Crippen LogP contribution in [0.15, 0.2) is 60.9 Å². The van der Waals surface area contributed by atoms with Crippen molar-refractivity contribution in [2.24, 2.45) is 0 Å². The number of ether oxygens (including phenoxy) is 1. The summed E-state index contributed by atoms with van der Waals surface area (Å²) in [5.41, 5.74) is 4.06. The predicted molar refractivity (Wildman–Crippen MR) is 106 cm³/mol. The fourth-order valence-corrected chi connectivity index (χ4v) is 3.21. The van der Waals surface area contributed by atoms with Gasteiger partial charge in [0, 0.05) is 49.7 Å². The first-order valence-corrected chi connectivity index (χ1v) is 9.28. The summed E-state index contributed by atoms with van der Waals surface area (Å²) in [5, 5.41) is 12.3. The van der Waals surface area contributed by atoms with Crippen molar-refractivity contribution in [1.29, 1.82) is 0 Å². The summed E-state index contributed by atoms with van der Waals surface area (Å²) >= 11 is 0. The van der Waals surface area contributed by atoms with E-state index in [-0.39, 0.29) is 0 Å². The molecule has 6 nitrogen and oxygen atoms in total. The third-order valence-electron chi connectivity index (χ3n) is 4.67. The number of nitrogens with one attached hydrogen (secondary N) is 1. The minimum Gasteiger partial charge on any atom is -0.379 e. The molecule has 3 heterocycles. The Labute approximate surface area is 159 Å². The van der Waals surface area contributed by atoms with Crippen molar-refractivity contribution in [3.8, 4) is 22.4 Å². The first kappa shape index (κ1) is 17.6. The number of morpholine rings is 1. The zero-order chi connectivity index (χ0) is 18.3. The van der Waals surface area contributed by atoms with Gasteiger partial charge in [-0.25, -0.2) is 0 Å². The summed E-state index contributed by atoms with van der Waals surface area (Å²) in [5.74, 6) is 0.787. The number of hydrogen-bond acceptors (Lipinski definition) is 6. The second-order valence-corrected chi connectivity index (χ2v) is 6.47. The molecule has 1 saturated heterocycles. The lowest BCUT2D eigenvalue weighted by atomic mass is 10.0. The van der Waals surface area contributed by atoms with Crippen molar-refractivity contribution in [3.63, 3.8) is 0 Å². The number of anilines is 1. The van der Waals surface area contributed by atoms with E-state index in [2.05, 4.69) is 43.6 Å². The van der Waals surface area contributed by atoms with Gasteiger partial charge in [-0.1, -0.05) is 30.3 Å². The quantitative estimate of drug-likeness (QED) is 0.728. The number of nitrogens with zero attached hydrogens (tertiary/aromatic N) is 4. The molecule has 1 fully saturated rings. The fourth-order valence-electron chi connectivity index (χ4n) is 3.21. The molecular formula is C21H23N5O. The van der Waals surface area contributed by atoms with Crippen LogP contribution in [0.3, 0.4) is 0 Å². The molecule has 0 spiro atoms. The molecule has 0 saturated carbocycles. The smallest absolute Gasteiger partial charge is 0.149 e. The molecule has 1 aromatic carbocycles. The van der Waals surface area contributed by atoms with Crippen LogP contribution >= 0.6 is 0 Å². The predicted octanol–water partition coefficient (Wildman–Crippen LogP) is 2.95. The Kier molecular flexibility index (Phi) is 5.67. The van der Waals surface area contributed by atoms with Gasteiger partial charge in [0.1, 0.15) is 11.5 Å². The standard InChI is InChI=1S/C21H23N5O/c1-2-4-18(5-3-1)21-19(17-6-8-22-9-7-17)16-20(24-25-21)23-10-11-26-12-14-27-15-13-26/h1-9,16H,10-15H2,(H,23,24). The van der Waals surface area contributed by atoms with E-state index in [1.165, 1.54) is 0 Å². The molecule has 1 aliphatic rings. The van der Waals surface area contributed by atoms with Crippen molar-refractivity contribution in [1.82, 2.24) is 20.1 Å². The summed E-state index contributed by atoms with van der Waals surface area (Å²) in [4.78, 5) is 6.52. The van der Waals surface area contributed by atoms with Crippen molar-refractivity contribution in [2.75, 3.05) is 44.7 Å². The zero-order valence-electron chi connectivity index (χ0n) is 15.2. The minimum atomic E-state index is 0.787. The van der Waals surface area contributed by atoms with E-state index in [0.29, 0.717) is 0 Å². The number of aromatic nitrogens is 3. The zero-order valence-corrected chi connectivity index (χ0v) is 15.2. The molecular weight excluding hydrogens is 338 g/mol. The maximum Gasteiger partial charge on any atom is 0.149 e. The van der Waals surface area contributed by atoms with Crippen molar-refractivity contribution < 1.29 is 4.74 Å². The van der Waals surface area contributed by atoms with E-state index in [1.54, 1.807) is 12.4 Å². The summed E-state index contributed by atoms with van der Waals surface area (Å²) in [7, 11) is 0. The molecule has 0 unspecified atom stereocenters. The van der Waals surface area contributed by atoms with Gasteiger partial charge >= 0.3 is 0 Å². The molecule has 0 amide bonds. The van der Waals surface area contributed by atoms with E-state index in [4.69, 9.17) is 4.74 Å². The van der Waals surface area contributed by atoms with Gasteiger partial charge in [0.25, 0.3) is 0 Å². The Balaban J connectivity index is 1.55. The molecule has 0 radical (unpaired) electrons. The van der Waals surface area contributed by atoms with Crippen LogP contribution in [0.2, 0.25) is 0 Å². The van der Waals surface area contributed by atoms with Gasteiger partial charge in [-0.05, 0) is 23.8 Å². The first-order valence-electron chi connectivity index (χ1n) is 9.28. The summed E-state index contributed by atoms with van der Waals surface area (Å²) in [6, 6.07) is 16.2. The highest BCUT2D eigenvalue weighted by molar-refractivity contribution is 5.81. The largest absolute Gasteiger partial charge is 0.379 e. The highest BCUT2D eigenvalue weighted by Crippen LogP contribution is 2.30. The third kappa shape index (κ3) is 4.48. The lowest BCUT2D eigenvalue weighted by Gasteiger charge is -2.26. The summed E-state index contributed by atoms with van der Waals surface area (Å²) < 4.78 is 5.39. The van der Waals surface area contributed by atoms with E-state index in [0.717, 1.165) is 67.6 Å². The van der Waals surface area contributed by atoms with Gasteiger partial charge in [0.2, 0.25) is 0 Å². The number of benzene rings is 1. The van der Waals surface area contributed by atoms with Crippen molar-refractivity contribution in [2.45, 2.75) is 0 Å². The molecule has 3 aromatic rings. The van der Waals surface area contributed by atoms with Crippen LogP contribution in [0.1, 0.15) is 0 Å². The van der Waals surface area contributed by atoms with Crippen LogP contribution in [0.5, 0.6) is 0 Å². The van der Waals surface area contributed by atoms with E-state index in [1.807, 2.05) is 30.3 Å². The normalized spacial score (nSPS) is 14.8. The van der Waals surface area contributed by atoms with Crippen LogP contribution in [0.25, 0.3) is 22.4 Å². The lowest BCUT2D eigenvalue weighted by Crippen LogP contribution is -2.39. The Hall–Kier alpha value is -2.83. The fraction of sp³-hybridized carbons (Fsp3) is 0.286. The van der Waals surface area contributed by atoms with Crippen LogP contribution < -0.4 is 5.32 Å². The molecule has 1 aliphatic heterocycles. The summed E-state index contributed by atoms with van der Waals surface area (Å²) in [6.07, 6.45) is 3.60. The highest BCUT2D eigenvalue weighted by atomic mass is 16.5. The first-order chi connectivity index (χ1) is 13.4. The molecule has 6 heteroatoms. The summed E-state index contributed by atoms with van der Waals surface area (Å²) in [6.45, 7) is 5.41. The Morgan fingerprint density at radius 1 is 0.926 bits per heavy atom. The average Bonchev–Trinajstić information content (AvgIpc) is 2.76. The van der Waals surface area contributed by atoms with E-state index in [9.17, 15) is 0 Å². The number of rotatable bonds is 6. The average molecular weight is 361 g/mol. The number of hydrogen-bond donors (Lipinski definition) is 1. The molecule has 1 N–H and O–H groups in total. The maximum atomic E-state index is 5.39. The van der Waals surface area contributed by atoms with E-state index >= 15 is 0 Å². The third-order valence-corrected chi connectivity index (χ3v) is 4.67. The van der Waals surface area contributed by atoms with Gasteiger partial charge < -0.3 is 10.1 Å². The topological polar surface area (TPSA) is 63.2 Å². The number of pyridine rings is 1. The monoisotopic (exact) mass is 361 g/mol. The minimum absolute atomic E-state index is 0.787. The second kappa shape index (κ2) is 8.70. The Morgan fingerprint density at radius 2 is 1.70 bits per heavy atom.